The Hall–Kier alpha value is -4.34. The van der Waals surface area contributed by atoms with Crippen molar-refractivity contribution in [3.8, 4) is 23.6 Å². The number of rotatable bonds is 9. The highest BCUT2D eigenvalue weighted by molar-refractivity contribution is 5.91. The molecule has 0 saturated heterocycles. The number of anilines is 1. The van der Waals surface area contributed by atoms with Gasteiger partial charge in [-0.1, -0.05) is 18.2 Å². The minimum Gasteiger partial charge on any atom is -0.490 e. The zero-order valence-electron chi connectivity index (χ0n) is 18.0. The quantitative estimate of drug-likeness (QED) is 0.480. The number of halogens is 1. The fourth-order valence-electron chi connectivity index (χ4n) is 3.10. The molecule has 3 N–H and O–H groups in total. The minimum atomic E-state index is -0.319. The van der Waals surface area contributed by atoms with Gasteiger partial charge in [-0.3, -0.25) is 0 Å². The number of nitrogens with two attached hydrogens (primary N) is 1. The molecule has 2 aromatic carbocycles. The number of aliphatic hydroxyl groups is 1. The molecule has 1 aromatic heterocycles. The van der Waals surface area contributed by atoms with E-state index in [1.165, 1.54) is 16.8 Å². The molecule has 0 amide bonds. The lowest BCUT2D eigenvalue weighted by Gasteiger charge is -2.13. The zero-order chi connectivity index (χ0) is 23.8. The van der Waals surface area contributed by atoms with E-state index in [1.54, 1.807) is 36.4 Å². The zero-order valence-corrected chi connectivity index (χ0v) is 18.0. The molecule has 0 bridgehead atoms. The third kappa shape index (κ3) is 5.48. The average molecular weight is 447 g/mol. The number of hydrogen-bond acceptors (Lipinski definition) is 7. The van der Waals surface area contributed by atoms with Crippen LogP contribution in [0.1, 0.15) is 29.3 Å². The summed E-state index contributed by atoms with van der Waals surface area (Å²) in [4.78, 5) is 0. The first-order valence-electron chi connectivity index (χ1n) is 10.1. The topological polar surface area (TPSA) is 130 Å². The largest absolute Gasteiger partial charge is 0.490 e. The standard InChI is InChI=1S/C24H22FN5O3/c1-2-32-22-12-17(5-8-21(22)33-15-16-3-6-19(25)7-4-16)11-18(13-26)23-20(14-27)24(28)30(29-23)9-10-31/h3-8,11-12,31H,2,9-10,15,28H2,1H3/b18-11+. The lowest BCUT2D eigenvalue weighted by atomic mass is 10.1. The van der Waals surface area contributed by atoms with Crippen molar-refractivity contribution in [1.29, 1.82) is 10.5 Å². The highest BCUT2D eigenvalue weighted by atomic mass is 19.1. The van der Waals surface area contributed by atoms with Gasteiger partial charge < -0.3 is 20.3 Å². The first-order valence-corrected chi connectivity index (χ1v) is 10.1. The second kappa shape index (κ2) is 10.8. The van der Waals surface area contributed by atoms with Gasteiger partial charge in [0.05, 0.1) is 25.3 Å². The molecular formula is C24H22FN5O3. The van der Waals surface area contributed by atoms with Gasteiger partial charge in [0.25, 0.3) is 0 Å². The van der Waals surface area contributed by atoms with Gasteiger partial charge in [0.2, 0.25) is 0 Å². The average Bonchev–Trinajstić information content (AvgIpc) is 3.13. The van der Waals surface area contributed by atoms with Gasteiger partial charge in [0.1, 0.15) is 41.6 Å². The van der Waals surface area contributed by atoms with Crippen molar-refractivity contribution in [2.75, 3.05) is 18.9 Å². The van der Waals surface area contributed by atoms with Crippen LogP contribution in [0.3, 0.4) is 0 Å². The number of aromatic nitrogens is 2. The molecular weight excluding hydrogens is 425 g/mol. The molecule has 0 aliphatic rings. The van der Waals surface area contributed by atoms with Gasteiger partial charge in [0.15, 0.2) is 11.5 Å². The van der Waals surface area contributed by atoms with Crippen LogP contribution in [0, 0.1) is 28.5 Å². The van der Waals surface area contributed by atoms with Crippen molar-refractivity contribution in [3.05, 3.63) is 70.7 Å². The number of hydrogen-bond donors (Lipinski definition) is 2. The van der Waals surface area contributed by atoms with Crippen molar-refractivity contribution >= 4 is 17.5 Å². The second-order valence-corrected chi connectivity index (χ2v) is 6.89. The van der Waals surface area contributed by atoms with E-state index in [-0.39, 0.29) is 48.2 Å². The van der Waals surface area contributed by atoms with Crippen LogP contribution in [0.25, 0.3) is 11.6 Å². The number of benzene rings is 2. The second-order valence-electron chi connectivity index (χ2n) is 6.89. The molecule has 9 heteroatoms. The van der Waals surface area contributed by atoms with E-state index in [4.69, 9.17) is 20.3 Å². The van der Waals surface area contributed by atoms with Crippen molar-refractivity contribution in [1.82, 2.24) is 9.78 Å². The fourth-order valence-corrected chi connectivity index (χ4v) is 3.10. The molecule has 0 unspecified atom stereocenters. The minimum absolute atomic E-state index is 0.0699. The van der Waals surface area contributed by atoms with Crippen LogP contribution < -0.4 is 15.2 Å². The summed E-state index contributed by atoms with van der Waals surface area (Å²) in [6.45, 7) is 2.35. The summed E-state index contributed by atoms with van der Waals surface area (Å²) in [5, 5.41) is 32.5. The molecule has 8 nitrogen and oxygen atoms in total. The van der Waals surface area contributed by atoms with E-state index in [9.17, 15) is 14.9 Å². The summed E-state index contributed by atoms with van der Waals surface area (Å²) in [5.41, 5.74) is 7.71. The monoisotopic (exact) mass is 447 g/mol. The number of nitrogen functional groups attached to an aromatic ring is 1. The van der Waals surface area contributed by atoms with Gasteiger partial charge in [-0.15, -0.1) is 0 Å². The van der Waals surface area contributed by atoms with Gasteiger partial charge in [0, 0.05) is 0 Å². The third-order valence-corrected chi connectivity index (χ3v) is 4.68. The highest BCUT2D eigenvalue weighted by Gasteiger charge is 2.19. The molecule has 1 heterocycles. The molecule has 33 heavy (non-hydrogen) atoms. The van der Waals surface area contributed by atoms with E-state index in [1.807, 2.05) is 13.0 Å². The number of ether oxygens (including phenoxy) is 2. The van der Waals surface area contributed by atoms with Crippen LogP contribution in [0.15, 0.2) is 42.5 Å². The van der Waals surface area contributed by atoms with Crippen LogP contribution in [-0.4, -0.2) is 28.1 Å². The molecule has 3 aromatic rings. The van der Waals surface area contributed by atoms with E-state index >= 15 is 0 Å². The maximum atomic E-state index is 13.1. The van der Waals surface area contributed by atoms with Crippen molar-refractivity contribution in [3.63, 3.8) is 0 Å². The van der Waals surface area contributed by atoms with Crippen LogP contribution in [0.4, 0.5) is 10.2 Å². The van der Waals surface area contributed by atoms with Gasteiger partial charge in [-0.25, -0.2) is 9.07 Å². The Kier molecular flexibility index (Phi) is 7.64. The Labute approximate surface area is 190 Å². The highest BCUT2D eigenvalue weighted by Crippen LogP contribution is 2.31. The summed E-state index contributed by atoms with van der Waals surface area (Å²) in [6.07, 6.45) is 1.57. The predicted octanol–water partition coefficient (Wildman–Crippen LogP) is 3.51. The SMILES string of the molecule is CCOc1cc(/C=C(\C#N)c2nn(CCO)c(N)c2C#N)ccc1OCc1ccc(F)cc1. The van der Waals surface area contributed by atoms with Gasteiger partial charge in [-0.05, 0) is 48.4 Å². The summed E-state index contributed by atoms with van der Waals surface area (Å²) in [5.74, 6) is 0.727. The molecule has 0 atom stereocenters. The van der Waals surface area contributed by atoms with E-state index < -0.39 is 0 Å². The molecule has 0 radical (unpaired) electrons. The van der Waals surface area contributed by atoms with Crippen LogP contribution in [-0.2, 0) is 13.2 Å². The fraction of sp³-hybridized carbons (Fsp3) is 0.208. The molecule has 0 aliphatic carbocycles. The number of allylic oxidation sites excluding steroid dienone is 1. The molecule has 0 aliphatic heterocycles. The first-order chi connectivity index (χ1) is 16.0. The van der Waals surface area contributed by atoms with Gasteiger partial charge in [-0.2, -0.15) is 15.6 Å². The molecule has 3 rings (SSSR count). The normalized spacial score (nSPS) is 11.0. The summed E-state index contributed by atoms with van der Waals surface area (Å²) < 4.78 is 25.9. The van der Waals surface area contributed by atoms with Crippen molar-refractivity contribution < 1.29 is 19.0 Å². The molecule has 0 saturated carbocycles. The summed E-state index contributed by atoms with van der Waals surface area (Å²) in [6, 6.07) is 15.2. The summed E-state index contributed by atoms with van der Waals surface area (Å²) in [7, 11) is 0. The van der Waals surface area contributed by atoms with Gasteiger partial charge >= 0.3 is 0 Å². The predicted molar refractivity (Wildman–Crippen MR) is 120 cm³/mol. The lowest BCUT2D eigenvalue weighted by Crippen LogP contribution is -2.07. The van der Waals surface area contributed by atoms with Crippen LogP contribution >= 0.6 is 0 Å². The van der Waals surface area contributed by atoms with Crippen molar-refractivity contribution in [2.24, 2.45) is 0 Å². The van der Waals surface area contributed by atoms with Crippen LogP contribution in [0.2, 0.25) is 0 Å². The van der Waals surface area contributed by atoms with Crippen molar-refractivity contribution in [2.45, 2.75) is 20.1 Å². The van der Waals surface area contributed by atoms with Crippen LogP contribution in [0.5, 0.6) is 11.5 Å². The molecule has 168 valence electrons. The smallest absolute Gasteiger partial charge is 0.161 e. The Bertz CT molecular complexity index is 1240. The Morgan fingerprint density at radius 1 is 1.18 bits per heavy atom. The van der Waals surface area contributed by atoms with E-state index in [0.29, 0.717) is 23.7 Å². The Morgan fingerprint density at radius 2 is 1.94 bits per heavy atom. The molecule has 0 spiro atoms. The number of nitrogens with zero attached hydrogens (tertiary/aromatic N) is 4. The number of aliphatic hydroxyl groups excluding tert-OH is 1. The van der Waals surface area contributed by atoms with E-state index in [2.05, 4.69) is 11.2 Å². The Balaban J connectivity index is 1.91. The first kappa shape index (κ1) is 23.3. The Morgan fingerprint density at radius 3 is 2.58 bits per heavy atom. The lowest BCUT2D eigenvalue weighted by molar-refractivity contribution is 0.269. The maximum Gasteiger partial charge on any atom is 0.161 e. The number of nitriles is 2. The molecule has 0 fully saturated rings. The third-order valence-electron chi connectivity index (χ3n) is 4.68. The van der Waals surface area contributed by atoms with E-state index in [0.717, 1.165) is 5.56 Å². The summed E-state index contributed by atoms with van der Waals surface area (Å²) >= 11 is 0. The maximum absolute atomic E-state index is 13.1.